The quantitative estimate of drug-likeness (QED) is 0.593. The number of esters is 1. The number of hydrogen-bond donors (Lipinski definition) is 0. The van der Waals surface area contributed by atoms with Gasteiger partial charge in [-0.25, -0.2) is 21.6 Å². The summed E-state index contributed by atoms with van der Waals surface area (Å²) in [6, 6.07) is 4.63. The summed E-state index contributed by atoms with van der Waals surface area (Å²) in [5.74, 6) is -1.23. The number of nitrogens with zero attached hydrogens (tertiary/aromatic N) is 1. The van der Waals surface area contributed by atoms with Gasteiger partial charge >= 0.3 is 5.97 Å². The first-order valence-corrected chi connectivity index (χ1v) is 12.6. The van der Waals surface area contributed by atoms with Crippen LogP contribution in [0.25, 0.3) is 0 Å². The molecule has 1 aliphatic heterocycles. The third kappa shape index (κ3) is 5.54. The van der Waals surface area contributed by atoms with Crippen LogP contribution in [0.1, 0.15) is 37.0 Å². The van der Waals surface area contributed by atoms with Crippen molar-refractivity contribution in [2.45, 2.75) is 43.7 Å². The summed E-state index contributed by atoms with van der Waals surface area (Å²) in [5, 5.41) is 0. The molecule has 0 spiro atoms. The van der Waals surface area contributed by atoms with Crippen LogP contribution in [-0.4, -0.2) is 70.1 Å². The van der Waals surface area contributed by atoms with Gasteiger partial charge in [0.2, 0.25) is 0 Å². The largest absolute Gasteiger partial charge is 0.452 e. The molecule has 0 radical (unpaired) electrons. The Kier molecular flexibility index (Phi) is 6.87. The molecule has 10 heteroatoms. The minimum atomic E-state index is -3.38. The van der Waals surface area contributed by atoms with Gasteiger partial charge in [-0.2, -0.15) is 0 Å². The molecule has 1 aromatic rings. The number of ether oxygens (including phenoxy) is 1. The molecule has 0 bridgehead atoms. The Hall–Kier alpha value is -1.94. The zero-order valence-corrected chi connectivity index (χ0v) is 17.8. The molecule has 0 aliphatic carbocycles. The van der Waals surface area contributed by atoms with Gasteiger partial charge < -0.3 is 9.64 Å². The molecule has 1 aromatic carbocycles. The van der Waals surface area contributed by atoms with E-state index in [-0.39, 0.29) is 28.0 Å². The van der Waals surface area contributed by atoms with Crippen LogP contribution in [0.5, 0.6) is 0 Å². The van der Waals surface area contributed by atoms with Crippen molar-refractivity contribution in [1.29, 1.82) is 0 Å². The number of amides is 1. The molecular weight excluding hydrogens is 406 g/mol. The van der Waals surface area contributed by atoms with Gasteiger partial charge in [0, 0.05) is 18.3 Å². The molecular formula is C18H25NO7S2. The topological polar surface area (TPSA) is 115 Å². The van der Waals surface area contributed by atoms with E-state index in [1.807, 2.05) is 13.8 Å². The molecule has 1 aliphatic rings. The normalized spacial score (nSPS) is 19.8. The van der Waals surface area contributed by atoms with Crippen molar-refractivity contribution < 1.29 is 31.2 Å². The van der Waals surface area contributed by atoms with E-state index in [1.54, 1.807) is 0 Å². The second kappa shape index (κ2) is 8.60. The van der Waals surface area contributed by atoms with Crippen LogP contribution < -0.4 is 0 Å². The van der Waals surface area contributed by atoms with E-state index in [9.17, 15) is 26.4 Å². The molecule has 28 heavy (non-hydrogen) atoms. The van der Waals surface area contributed by atoms with Crippen molar-refractivity contribution >= 4 is 31.6 Å². The van der Waals surface area contributed by atoms with Gasteiger partial charge in [0.25, 0.3) is 5.91 Å². The summed E-state index contributed by atoms with van der Waals surface area (Å²) in [4.78, 5) is 26.4. The fraction of sp³-hybridized carbons (Fsp3) is 0.556. The molecule has 0 N–H and O–H groups in total. The maximum atomic E-state index is 12.6. The van der Waals surface area contributed by atoms with Gasteiger partial charge in [0.15, 0.2) is 26.3 Å². The Balaban J connectivity index is 2.04. The summed E-state index contributed by atoms with van der Waals surface area (Å²) < 4.78 is 51.5. The number of rotatable bonds is 7. The van der Waals surface area contributed by atoms with Crippen molar-refractivity contribution in [1.82, 2.24) is 4.90 Å². The first kappa shape index (κ1) is 22.4. The Labute approximate surface area is 165 Å². The van der Waals surface area contributed by atoms with Crippen molar-refractivity contribution in [2.75, 3.05) is 24.4 Å². The molecule has 8 nitrogen and oxygen atoms in total. The highest BCUT2D eigenvalue weighted by atomic mass is 32.2. The van der Waals surface area contributed by atoms with Crippen LogP contribution >= 0.6 is 0 Å². The highest BCUT2D eigenvalue weighted by Crippen LogP contribution is 2.21. The minimum absolute atomic E-state index is 0.0460. The summed E-state index contributed by atoms with van der Waals surface area (Å²) in [6.45, 7) is 3.21. The molecule has 0 saturated carbocycles. The molecule has 2 rings (SSSR count). The standard InChI is InChI=1S/C18H25NO7S2/c1-4-13(2)19(15-9-10-28(24,25)12-15)17(20)11-26-18(21)14-5-7-16(8-6-14)27(3,22)23/h5-8,13,15H,4,9-12H2,1-3H3/t13-,15+/m0/s1. The molecule has 0 unspecified atom stereocenters. The number of carbonyl (C=O) groups excluding carboxylic acids is 2. The van der Waals surface area contributed by atoms with Gasteiger partial charge in [0.1, 0.15) is 0 Å². The molecule has 156 valence electrons. The summed E-state index contributed by atoms with van der Waals surface area (Å²) in [6.07, 6.45) is 2.08. The first-order chi connectivity index (χ1) is 12.9. The molecule has 1 saturated heterocycles. The highest BCUT2D eigenvalue weighted by molar-refractivity contribution is 7.91. The molecule has 1 heterocycles. The predicted octanol–water partition coefficient (Wildman–Crippen LogP) is 1.06. The summed E-state index contributed by atoms with van der Waals surface area (Å²) in [5.41, 5.74) is 0.124. The SMILES string of the molecule is CC[C@H](C)N(C(=O)COC(=O)c1ccc(S(C)(=O)=O)cc1)[C@@H]1CCS(=O)(=O)C1. The molecule has 1 amide bonds. The summed E-state index contributed by atoms with van der Waals surface area (Å²) >= 11 is 0. The zero-order chi connectivity index (χ0) is 21.1. The van der Waals surface area contributed by atoms with Crippen LogP contribution in [0.4, 0.5) is 0 Å². The van der Waals surface area contributed by atoms with Crippen molar-refractivity contribution in [3.05, 3.63) is 29.8 Å². The van der Waals surface area contributed by atoms with Crippen LogP contribution in [0.15, 0.2) is 29.2 Å². The fourth-order valence-electron chi connectivity index (χ4n) is 3.12. The smallest absolute Gasteiger partial charge is 0.338 e. The third-order valence-corrected chi connectivity index (χ3v) is 7.68. The van der Waals surface area contributed by atoms with Gasteiger partial charge in [-0.15, -0.1) is 0 Å². The first-order valence-electron chi connectivity index (χ1n) is 8.93. The maximum absolute atomic E-state index is 12.6. The minimum Gasteiger partial charge on any atom is -0.452 e. The van der Waals surface area contributed by atoms with E-state index in [0.717, 1.165) is 6.26 Å². The van der Waals surface area contributed by atoms with E-state index in [4.69, 9.17) is 4.74 Å². The van der Waals surface area contributed by atoms with Gasteiger partial charge in [-0.1, -0.05) is 6.92 Å². The zero-order valence-electron chi connectivity index (χ0n) is 16.1. The van der Waals surface area contributed by atoms with Crippen molar-refractivity contribution in [2.24, 2.45) is 0 Å². The maximum Gasteiger partial charge on any atom is 0.338 e. The number of benzene rings is 1. The van der Waals surface area contributed by atoms with E-state index < -0.39 is 44.2 Å². The van der Waals surface area contributed by atoms with Crippen LogP contribution in [0.2, 0.25) is 0 Å². The summed E-state index contributed by atoms with van der Waals surface area (Å²) in [7, 11) is -6.53. The monoisotopic (exact) mass is 431 g/mol. The predicted molar refractivity (Wildman–Crippen MR) is 103 cm³/mol. The Morgan fingerprint density at radius 2 is 1.86 bits per heavy atom. The molecule has 1 fully saturated rings. The van der Waals surface area contributed by atoms with E-state index in [1.165, 1.54) is 29.2 Å². The number of sulfone groups is 2. The number of carbonyl (C=O) groups is 2. The Morgan fingerprint density at radius 1 is 1.25 bits per heavy atom. The lowest BCUT2D eigenvalue weighted by Gasteiger charge is -2.33. The number of hydrogen-bond acceptors (Lipinski definition) is 7. The Morgan fingerprint density at radius 3 is 2.32 bits per heavy atom. The van der Waals surface area contributed by atoms with E-state index in [2.05, 4.69) is 0 Å². The third-order valence-electron chi connectivity index (χ3n) is 4.80. The molecule has 2 atom stereocenters. The van der Waals surface area contributed by atoms with Gasteiger partial charge in [-0.3, -0.25) is 4.79 Å². The average Bonchev–Trinajstić information content (AvgIpc) is 2.98. The molecule has 0 aromatic heterocycles. The van der Waals surface area contributed by atoms with Gasteiger partial charge in [-0.05, 0) is 44.0 Å². The van der Waals surface area contributed by atoms with Crippen molar-refractivity contribution in [3.63, 3.8) is 0 Å². The van der Waals surface area contributed by atoms with Gasteiger partial charge in [0.05, 0.1) is 22.0 Å². The van der Waals surface area contributed by atoms with E-state index >= 15 is 0 Å². The second-order valence-corrected chi connectivity index (χ2v) is 11.2. The lowest BCUT2D eigenvalue weighted by atomic mass is 10.1. The highest BCUT2D eigenvalue weighted by Gasteiger charge is 2.36. The fourth-order valence-corrected chi connectivity index (χ4v) is 5.47. The Bertz CT molecular complexity index is 937. The van der Waals surface area contributed by atoms with Crippen molar-refractivity contribution in [3.8, 4) is 0 Å². The van der Waals surface area contributed by atoms with Crippen LogP contribution in [0.3, 0.4) is 0 Å². The van der Waals surface area contributed by atoms with Crippen LogP contribution in [-0.2, 0) is 29.2 Å². The second-order valence-electron chi connectivity index (χ2n) is 6.99. The average molecular weight is 432 g/mol. The van der Waals surface area contributed by atoms with Crippen LogP contribution in [0, 0.1) is 0 Å². The lowest BCUT2D eigenvalue weighted by molar-refractivity contribution is -0.138. The lowest BCUT2D eigenvalue weighted by Crippen LogP contribution is -2.48. The van der Waals surface area contributed by atoms with E-state index in [0.29, 0.717) is 12.8 Å².